The van der Waals surface area contributed by atoms with Gasteiger partial charge in [0.05, 0.1) is 18.0 Å². The number of nitrogens with two attached hydrogens (primary N) is 1. The molecule has 0 aliphatic rings. The predicted octanol–water partition coefficient (Wildman–Crippen LogP) is 1.13. The molecule has 0 radical (unpaired) electrons. The van der Waals surface area contributed by atoms with Crippen molar-refractivity contribution < 1.29 is 9.84 Å². The van der Waals surface area contributed by atoms with Gasteiger partial charge >= 0.3 is 0 Å². The molecule has 5 heteroatoms. The maximum absolute atomic E-state index is 8.70. The van der Waals surface area contributed by atoms with Crippen LogP contribution >= 0.6 is 0 Å². The Balaban J connectivity index is 2.29. The molecule has 1 heterocycles. The smallest absolute Gasteiger partial charge is 0.127 e. The Morgan fingerprint density at radius 3 is 2.88 bits per heavy atom. The van der Waals surface area contributed by atoms with Crippen molar-refractivity contribution in [3.05, 3.63) is 36.0 Å². The van der Waals surface area contributed by atoms with Crippen LogP contribution in [0, 0.1) is 6.92 Å². The first-order valence-electron chi connectivity index (χ1n) is 5.37. The molecule has 2 aromatic rings. The van der Waals surface area contributed by atoms with Gasteiger partial charge in [0.2, 0.25) is 0 Å². The summed E-state index contributed by atoms with van der Waals surface area (Å²) in [5.74, 6) is 1.27. The summed E-state index contributed by atoms with van der Waals surface area (Å²) in [6.07, 6.45) is 0. The average Bonchev–Trinajstić information content (AvgIpc) is 2.66. The number of nitrogen functional groups attached to an aromatic ring is 1. The zero-order valence-corrected chi connectivity index (χ0v) is 9.63. The van der Waals surface area contributed by atoms with Gasteiger partial charge in [-0.2, -0.15) is 5.10 Å². The monoisotopic (exact) mass is 233 g/mol. The van der Waals surface area contributed by atoms with Crippen LogP contribution in [0.5, 0.6) is 5.75 Å². The second-order valence-electron chi connectivity index (χ2n) is 3.69. The van der Waals surface area contributed by atoms with Crippen LogP contribution in [0.2, 0.25) is 0 Å². The fourth-order valence-electron chi connectivity index (χ4n) is 1.59. The van der Waals surface area contributed by atoms with Gasteiger partial charge in [-0.25, -0.2) is 4.68 Å². The molecule has 2 rings (SSSR count). The first-order chi connectivity index (χ1) is 8.20. The highest BCUT2D eigenvalue weighted by Gasteiger charge is 2.05. The van der Waals surface area contributed by atoms with Crippen molar-refractivity contribution in [3.63, 3.8) is 0 Å². The van der Waals surface area contributed by atoms with Crippen molar-refractivity contribution in [3.8, 4) is 11.4 Å². The van der Waals surface area contributed by atoms with Crippen LogP contribution in [0.4, 0.5) is 5.82 Å². The highest BCUT2D eigenvalue weighted by molar-refractivity contribution is 5.45. The van der Waals surface area contributed by atoms with Crippen molar-refractivity contribution in [1.29, 1.82) is 0 Å². The van der Waals surface area contributed by atoms with Crippen LogP contribution in [0.25, 0.3) is 5.69 Å². The summed E-state index contributed by atoms with van der Waals surface area (Å²) >= 11 is 0. The molecule has 0 amide bonds. The normalized spacial score (nSPS) is 10.5. The number of anilines is 1. The fraction of sp³-hybridized carbons (Fsp3) is 0.250. The zero-order chi connectivity index (χ0) is 12.3. The molecule has 1 aromatic carbocycles. The summed E-state index contributed by atoms with van der Waals surface area (Å²) in [7, 11) is 0. The van der Waals surface area contributed by atoms with E-state index in [1.807, 2.05) is 31.2 Å². The van der Waals surface area contributed by atoms with Crippen molar-refractivity contribution in [2.24, 2.45) is 0 Å². The molecule has 0 saturated heterocycles. The van der Waals surface area contributed by atoms with Gasteiger partial charge in [0.1, 0.15) is 18.2 Å². The minimum Gasteiger partial charge on any atom is -0.491 e. The lowest BCUT2D eigenvalue weighted by molar-refractivity contribution is 0.201. The highest BCUT2D eigenvalue weighted by Crippen LogP contribution is 2.19. The number of aliphatic hydroxyl groups excluding tert-OH is 1. The van der Waals surface area contributed by atoms with E-state index in [1.54, 1.807) is 10.7 Å². The summed E-state index contributed by atoms with van der Waals surface area (Å²) in [5.41, 5.74) is 7.55. The number of aryl methyl sites for hydroxylation is 1. The molecule has 5 nitrogen and oxygen atoms in total. The van der Waals surface area contributed by atoms with E-state index in [9.17, 15) is 0 Å². The van der Waals surface area contributed by atoms with Crippen molar-refractivity contribution in [1.82, 2.24) is 9.78 Å². The Labute approximate surface area is 99.4 Å². The molecule has 0 fully saturated rings. The van der Waals surface area contributed by atoms with Crippen LogP contribution in [-0.4, -0.2) is 28.1 Å². The number of aliphatic hydroxyl groups is 1. The van der Waals surface area contributed by atoms with E-state index in [4.69, 9.17) is 15.6 Å². The molecular formula is C12H15N3O2. The van der Waals surface area contributed by atoms with Gasteiger partial charge < -0.3 is 15.6 Å². The number of hydrogen-bond acceptors (Lipinski definition) is 4. The number of benzene rings is 1. The largest absolute Gasteiger partial charge is 0.491 e. The van der Waals surface area contributed by atoms with E-state index in [0.29, 0.717) is 11.6 Å². The Bertz CT molecular complexity index is 508. The number of hydrogen-bond donors (Lipinski definition) is 2. The van der Waals surface area contributed by atoms with E-state index < -0.39 is 0 Å². The Morgan fingerprint density at radius 2 is 2.24 bits per heavy atom. The second kappa shape index (κ2) is 4.88. The lowest BCUT2D eigenvalue weighted by atomic mass is 10.3. The number of aromatic nitrogens is 2. The van der Waals surface area contributed by atoms with E-state index in [-0.39, 0.29) is 13.2 Å². The summed E-state index contributed by atoms with van der Waals surface area (Å²) < 4.78 is 6.99. The molecule has 0 saturated carbocycles. The quantitative estimate of drug-likeness (QED) is 0.830. The van der Waals surface area contributed by atoms with Crippen LogP contribution < -0.4 is 10.5 Å². The molecule has 17 heavy (non-hydrogen) atoms. The van der Waals surface area contributed by atoms with Crippen LogP contribution in [0.15, 0.2) is 30.3 Å². The minimum atomic E-state index is -0.00670. The van der Waals surface area contributed by atoms with E-state index >= 15 is 0 Å². The van der Waals surface area contributed by atoms with Gasteiger partial charge in [-0.3, -0.25) is 0 Å². The Kier molecular flexibility index (Phi) is 3.30. The third kappa shape index (κ3) is 2.57. The second-order valence-corrected chi connectivity index (χ2v) is 3.69. The summed E-state index contributed by atoms with van der Waals surface area (Å²) in [4.78, 5) is 0. The predicted molar refractivity (Wildman–Crippen MR) is 65.3 cm³/mol. The minimum absolute atomic E-state index is 0.00670. The third-order valence-electron chi connectivity index (χ3n) is 2.28. The number of nitrogens with zero attached hydrogens (tertiary/aromatic N) is 2. The van der Waals surface area contributed by atoms with E-state index in [2.05, 4.69) is 5.10 Å². The number of rotatable bonds is 4. The molecule has 90 valence electrons. The maximum atomic E-state index is 8.70. The molecule has 3 N–H and O–H groups in total. The molecule has 1 aromatic heterocycles. The van der Waals surface area contributed by atoms with Gasteiger partial charge in [-0.05, 0) is 19.1 Å². The van der Waals surface area contributed by atoms with Gasteiger partial charge in [-0.1, -0.05) is 6.07 Å². The van der Waals surface area contributed by atoms with Gasteiger partial charge in [0.15, 0.2) is 0 Å². The van der Waals surface area contributed by atoms with Gasteiger partial charge in [-0.15, -0.1) is 0 Å². The molecule has 0 unspecified atom stereocenters. The lowest BCUT2D eigenvalue weighted by Gasteiger charge is -2.07. The van der Waals surface area contributed by atoms with E-state index in [1.165, 1.54) is 0 Å². The van der Waals surface area contributed by atoms with Crippen LogP contribution in [0.3, 0.4) is 0 Å². The van der Waals surface area contributed by atoms with Crippen molar-refractivity contribution >= 4 is 5.82 Å². The Hall–Kier alpha value is -2.01. The highest BCUT2D eigenvalue weighted by atomic mass is 16.5. The number of ether oxygens (including phenoxy) is 1. The lowest BCUT2D eigenvalue weighted by Crippen LogP contribution is -2.04. The van der Waals surface area contributed by atoms with Crippen LogP contribution in [0.1, 0.15) is 5.69 Å². The van der Waals surface area contributed by atoms with Crippen molar-refractivity contribution in [2.45, 2.75) is 6.92 Å². The topological polar surface area (TPSA) is 73.3 Å². The molecule has 0 bridgehead atoms. The van der Waals surface area contributed by atoms with E-state index in [0.717, 1.165) is 11.4 Å². The molecular weight excluding hydrogens is 218 g/mol. The summed E-state index contributed by atoms with van der Waals surface area (Å²) in [5, 5.41) is 13.0. The molecule has 0 aliphatic carbocycles. The van der Waals surface area contributed by atoms with Crippen LogP contribution in [-0.2, 0) is 0 Å². The maximum Gasteiger partial charge on any atom is 0.127 e. The fourth-order valence-corrected chi connectivity index (χ4v) is 1.59. The van der Waals surface area contributed by atoms with Crippen molar-refractivity contribution in [2.75, 3.05) is 18.9 Å². The molecule has 0 atom stereocenters. The van der Waals surface area contributed by atoms with Gasteiger partial charge in [0.25, 0.3) is 0 Å². The Morgan fingerprint density at radius 1 is 1.41 bits per heavy atom. The molecule has 0 spiro atoms. The summed E-state index contributed by atoms with van der Waals surface area (Å²) in [6, 6.07) is 9.22. The first kappa shape index (κ1) is 11.5. The standard InChI is InChI=1S/C12H15N3O2/c1-9-7-12(13)15(14-9)10-3-2-4-11(8-10)17-6-5-16/h2-4,7-8,16H,5-6,13H2,1H3. The third-order valence-corrected chi connectivity index (χ3v) is 2.28. The molecule has 0 aliphatic heterocycles. The van der Waals surface area contributed by atoms with Gasteiger partial charge in [0, 0.05) is 12.1 Å². The average molecular weight is 233 g/mol. The SMILES string of the molecule is Cc1cc(N)n(-c2cccc(OCCO)c2)n1. The summed E-state index contributed by atoms with van der Waals surface area (Å²) in [6.45, 7) is 2.16. The zero-order valence-electron chi connectivity index (χ0n) is 9.63. The first-order valence-corrected chi connectivity index (χ1v) is 5.37.